The summed E-state index contributed by atoms with van der Waals surface area (Å²) in [5, 5.41) is 2.93. The van der Waals surface area contributed by atoms with Crippen LogP contribution in [0.15, 0.2) is 84.0 Å². The van der Waals surface area contributed by atoms with Gasteiger partial charge in [0.2, 0.25) is 15.9 Å². The number of rotatable bonds is 6. The van der Waals surface area contributed by atoms with E-state index in [1.54, 1.807) is 30.6 Å². The van der Waals surface area contributed by atoms with Crippen molar-refractivity contribution in [3.05, 3.63) is 90.3 Å². The molecule has 4 rings (SSSR count). The lowest BCUT2D eigenvalue weighted by Gasteiger charge is -2.32. The number of ether oxygens (including phenoxy) is 1. The predicted molar refractivity (Wildman–Crippen MR) is 138 cm³/mol. The normalized spacial score (nSPS) is 18.7. The van der Waals surface area contributed by atoms with Crippen LogP contribution in [0.3, 0.4) is 0 Å². The molecule has 1 amide bonds. The van der Waals surface area contributed by atoms with E-state index in [2.05, 4.69) is 15.2 Å². The second-order valence-electron chi connectivity index (χ2n) is 8.74. The number of methoxy groups -OCH3 is 1. The van der Waals surface area contributed by atoms with Gasteiger partial charge in [-0.3, -0.25) is 14.7 Å². The molecule has 0 spiro atoms. The quantitative estimate of drug-likeness (QED) is 0.550. The van der Waals surface area contributed by atoms with E-state index in [1.165, 1.54) is 17.5 Å². The second kappa shape index (κ2) is 12.1. The van der Waals surface area contributed by atoms with Crippen molar-refractivity contribution in [3.8, 4) is 5.75 Å². The molecule has 9 heteroatoms. The summed E-state index contributed by atoms with van der Waals surface area (Å²) in [7, 11) is -2.25. The average molecular weight is 509 g/mol. The Morgan fingerprint density at radius 2 is 1.78 bits per heavy atom. The topological polar surface area (TPSA) is 91.8 Å². The molecule has 190 valence electrons. The zero-order chi connectivity index (χ0) is 25.4. The highest BCUT2D eigenvalue weighted by molar-refractivity contribution is 7.89. The lowest BCUT2D eigenvalue weighted by molar-refractivity contribution is -0.122. The van der Waals surface area contributed by atoms with E-state index in [0.29, 0.717) is 31.8 Å². The molecule has 2 aromatic carbocycles. The van der Waals surface area contributed by atoms with E-state index in [4.69, 9.17) is 4.74 Å². The zero-order valence-electron chi connectivity index (χ0n) is 20.4. The molecular weight excluding hydrogens is 476 g/mol. The van der Waals surface area contributed by atoms with Crippen molar-refractivity contribution in [1.82, 2.24) is 19.5 Å². The third-order valence-corrected chi connectivity index (χ3v) is 8.25. The number of nitrogens with one attached hydrogen (secondary N) is 1. The van der Waals surface area contributed by atoms with Gasteiger partial charge in [0.05, 0.1) is 12.0 Å². The third kappa shape index (κ3) is 6.48. The molecule has 0 saturated carbocycles. The number of pyridine rings is 1. The summed E-state index contributed by atoms with van der Waals surface area (Å²) in [6, 6.07) is 20.3. The molecule has 1 N–H and O–H groups in total. The van der Waals surface area contributed by atoms with E-state index >= 15 is 0 Å². The molecule has 0 radical (unpaired) electrons. The maximum atomic E-state index is 13.5. The van der Waals surface area contributed by atoms with Crippen LogP contribution in [0.2, 0.25) is 0 Å². The molecule has 3 aromatic rings. The first-order valence-corrected chi connectivity index (χ1v) is 13.5. The van der Waals surface area contributed by atoms with E-state index < -0.39 is 10.0 Å². The van der Waals surface area contributed by atoms with Gasteiger partial charge < -0.3 is 10.1 Å². The number of benzene rings is 2. The Labute approximate surface area is 213 Å². The van der Waals surface area contributed by atoms with Crippen LogP contribution in [0, 0.1) is 0 Å². The smallest absolute Gasteiger partial charge is 0.243 e. The highest BCUT2D eigenvalue weighted by atomic mass is 32.2. The Morgan fingerprint density at radius 3 is 2.53 bits per heavy atom. The number of carbonyl (C=O) groups is 1. The van der Waals surface area contributed by atoms with Gasteiger partial charge in [0.15, 0.2) is 0 Å². The van der Waals surface area contributed by atoms with E-state index in [0.717, 1.165) is 11.1 Å². The molecule has 1 aromatic heterocycles. The maximum Gasteiger partial charge on any atom is 0.243 e. The Balaban J connectivity index is 1.61. The Bertz CT molecular complexity index is 1240. The molecule has 0 bridgehead atoms. The summed E-state index contributed by atoms with van der Waals surface area (Å²) in [5.74, 6) is 0.376. The molecule has 0 unspecified atom stereocenters. The van der Waals surface area contributed by atoms with Gasteiger partial charge in [-0.1, -0.05) is 36.4 Å². The summed E-state index contributed by atoms with van der Waals surface area (Å²) < 4.78 is 33.6. The monoisotopic (exact) mass is 508 g/mol. The number of hydrogen-bond acceptors (Lipinski definition) is 6. The molecule has 36 heavy (non-hydrogen) atoms. The highest BCUT2D eigenvalue weighted by Crippen LogP contribution is 2.28. The van der Waals surface area contributed by atoms with E-state index in [9.17, 15) is 13.2 Å². The second-order valence-corrected chi connectivity index (χ2v) is 10.7. The standard InChI is InChI=1S/C27H32N4O4S/c1-35-24-9-5-10-25(19-24)36(33,34)31-17-6-16-30(21-22-11-13-28-14-12-22)26(20-27(32)29-15-18-31)23-7-3-2-4-8-23/h2-5,7-14,19,26H,6,15-18,20-21H2,1H3,(H,29,32)/t26-/m0/s1. The van der Waals surface area contributed by atoms with Gasteiger partial charge in [0.1, 0.15) is 5.75 Å². The Morgan fingerprint density at radius 1 is 1.00 bits per heavy atom. The number of carbonyl (C=O) groups excluding carboxylic acids is 1. The minimum absolute atomic E-state index is 0.107. The summed E-state index contributed by atoms with van der Waals surface area (Å²) in [6.07, 6.45) is 4.42. The van der Waals surface area contributed by atoms with Crippen LogP contribution in [0.25, 0.3) is 0 Å². The fraction of sp³-hybridized carbons (Fsp3) is 0.333. The van der Waals surface area contributed by atoms with Crippen molar-refractivity contribution in [2.75, 3.05) is 33.3 Å². The van der Waals surface area contributed by atoms with Crippen LogP contribution in [0.5, 0.6) is 5.75 Å². The number of amides is 1. The minimum atomic E-state index is -3.76. The molecule has 2 heterocycles. The molecule has 1 saturated heterocycles. The van der Waals surface area contributed by atoms with Gasteiger partial charge in [-0.25, -0.2) is 8.42 Å². The third-order valence-electron chi connectivity index (χ3n) is 6.35. The molecule has 1 fully saturated rings. The van der Waals surface area contributed by atoms with Crippen molar-refractivity contribution in [1.29, 1.82) is 0 Å². The Kier molecular flexibility index (Phi) is 8.69. The summed E-state index contributed by atoms with van der Waals surface area (Å²) in [4.78, 5) is 19.5. The first-order valence-electron chi connectivity index (χ1n) is 12.1. The fourth-order valence-corrected chi connectivity index (χ4v) is 6.00. The number of hydrogen-bond donors (Lipinski definition) is 1. The van der Waals surface area contributed by atoms with Gasteiger partial charge in [-0.15, -0.1) is 0 Å². The molecule has 8 nitrogen and oxygen atoms in total. The van der Waals surface area contributed by atoms with Crippen LogP contribution >= 0.6 is 0 Å². The van der Waals surface area contributed by atoms with Crippen molar-refractivity contribution in [3.63, 3.8) is 0 Å². The van der Waals surface area contributed by atoms with Gasteiger partial charge in [-0.2, -0.15) is 4.31 Å². The van der Waals surface area contributed by atoms with Gasteiger partial charge in [0, 0.05) is 63.6 Å². The number of sulfonamides is 1. The maximum absolute atomic E-state index is 13.5. The van der Waals surface area contributed by atoms with Crippen molar-refractivity contribution < 1.29 is 17.9 Å². The number of aromatic nitrogens is 1. The van der Waals surface area contributed by atoms with E-state index in [-0.39, 0.29) is 36.4 Å². The fourth-order valence-electron chi connectivity index (χ4n) is 4.48. The van der Waals surface area contributed by atoms with Crippen LogP contribution in [0.4, 0.5) is 0 Å². The molecule has 1 aliphatic heterocycles. The van der Waals surface area contributed by atoms with Crippen LogP contribution < -0.4 is 10.1 Å². The highest BCUT2D eigenvalue weighted by Gasteiger charge is 2.28. The van der Waals surface area contributed by atoms with Crippen LogP contribution in [0.1, 0.15) is 30.0 Å². The zero-order valence-corrected chi connectivity index (χ0v) is 21.2. The van der Waals surface area contributed by atoms with E-state index in [1.807, 2.05) is 42.5 Å². The lowest BCUT2D eigenvalue weighted by atomic mass is 10.0. The van der Waals surface area contributed by atoms with Gasteiger partial charge >= 0.3 is 0 Å². The first-order chi connectivity index (χ1) is 17.5. The summed E-state index contributed by atoms with van der Waals surface area (Å²) >= 11 is 0. The van der Waals surface area contributed by atoms with Crippen LogP contribution in [-0.4, -0.2) is 61.8 Å². The lowest BCUT2D eigenvalue weighted by Crippen LogP contribution is -2.39. The average Bonchev–Trinajstić information content (AvgIpc) is 2.94. The molecule has 1 aliphatic rings. The first kappa shape index (κ1) is 25.8. The van der Waals surface area contributed by atoms with Crippen molar-refractivity contribution in [2.24, 2.45) is 0 Å². The predicted octanol–water partition coefficient (Wildman–Crippen LogP) is 3.23. The van der Waals surface area contributed by atoms with Crippen molar-refractivity contribution in [2.45, 2.75) is 30.3 Å². The molecule has 0 aliphatic carbocycles. The molecule has 1 atom stereocenters. The summed E-state index contributed by atoms with van der Waals surface area (Å²) in [6.45, 7) is 2.03. The van der Waals surface area contributed by atoms with Gasteiger partial charge in [0.25, 0.3) is 0 Å². The number of nitrogens with zero attached hydrogens (tertiary/aromatic N) is 3. The van der Waals surface area contributed by atoms with Crippen LogP contribution in [-0.2, 0) is 21.4 Å². The molecular formula is C27H32N4O4S. The largest absolute Gasteiger partial charge is 0.497 e. The Hall–Kier alpha value is -3.27. The van der Waals surface area contributed by atoms with Crippen molar-refractivity contribution >= 4 is 15.9 Å². The minimum Gasteiger partial charge on any atom is -0.497 e. The summed E-state index contributed by atoms with van der Waals surface area (Å²) in [5.41, 5.74) is 2.14. The van der Waals surface area contributed by atoms with Gasteiger partial charge in [-0.05, 0) is 41.8 Å². The SMILES string of the molecule is COc1cccc(S(=O)(=O)N2CCCN(Cc3ccncc3)[C@H](c3ccccc3)CC(=O)NCC2)c1.